The number of anilines is 2. The molecule has 0 aliphatic carbocycles. The van der Waals surface area contributed by atoms with Crippen molar-refractivity contribution in [1.82, 2.24) is 13.9 Å². The number of imidazole rings is 1. The van der Waals surface area contributed by atoms with Gasteiger partial charge in [-0.25, -0.2) is 13.4 Å². The number of aromatic nitrogens is 2. The van der Waals surface area contributed by atoms with E-state index in [2.05, 4.69) is 22.1 Å². The Labute approximate surface area is 199 Å². The predicted octanol–water partition coefficient (Wildman–Crippen LogP) is 2.65. The normalized spacial score (nSPS) is 17.4. The molecule has 1 aromatic heterocycles. The summed E-state index contributed by atoms with van der Waals surface area (Å²) in [4.78, 5) is 19.6. The van der Waals surface area contributed by atoms with Crippen molar-refractivity contribution in [2.45, 2.75) is 42.8 Å². The molecule has 9 nitrogen and oxygen atoms in total. The van der Waals surface area contributed by atoms with Gasteiger partial charge in [0.25, 0.3) is 0 Å². The lowest BCUT2D eigenvalue weighted by Crippen LogP contribution is -2.40. The number of sulfonamides is 1. The van der Waals surface area contributed by atoms with E-state index in [9.17, 15) is 13.2 Å². The van der Waals surface area contributed by atoms with Gasteiger partial charge in [0.05, 0.1) is 35.2 Å². The molecule has 11 heteroatoms. The van der Waals surface area contributed by atoms with E-state index in [0.29, 0.717) is 32.0 Å². The molecule has 2 saturated heterocycles. The second-order valence-electron chi connectivity index (χ2n) is 8.13. The lowest BCUT2D eigenvalue weighted by atomic mass is 10.2. The summed E-state index contributed by atoms with van der Waals surface area (Å²) < 4.78 is 35.1. The summed E-state index contributed by atoms with van der Waals surface area (Å²) in [6.45, 7) is 6.17. The van der Waals surface area contributed by atoms with Crippen LogP contribution in [0.5, 0.6) is 0 Å². The fourth-order valence-electron chi connectivity index (χ4n) is 4.11. The molecule has 0 saturated carbocycles. The molecule has 3 heterocycles. The number of benzene rings is 1. The maximum Gasteiger partial charge on any atom is 0.243 e. The van der Waals surface area contributed by atoms with Crippen LogP contribution in [-0.2, 0) is 26.1 Å². The van der Waals surface area contributed by atoms with Gasteiger partial charge in [-0.3, -0.25) is 4.79 Å². The Morgan fingerprint density at radius 3 is 2.67 bits per heavy atom. The van der Waals surface area contributed by atoms with Gasteiger partial charge < -0.3 is 19.5 Å². The predicted molar refractivity (Wildman–Crippen MR) is 129 cm³/mol. The second-order valence-corrected chi connectivity index (χ2v) is 11.0. The van der Waals surface area contributed by atoms with Gasteiger partial charge in [-0.05, 0) is 37.5 Å². The van der Waals surface area contributed by atoms with Gasteiger partial charge in [0.2, 0.25) is 15.9 Å². The fourth-order valence-corrected chi connectivity index (χ4v) is 6.33. The van der Waals surface area contributed by atoms with Crippen molar-refractivity contribution in [2.24, 2.45) is 0 Å². The molecular weight excluding hydrogens is 462 g/mol. The maximum atomic E-state index is 13.2. The number of nitrogens with zero attached hydrogens (tertiary/aromatic N) is 4. The summed E-state index contributed by atoms with van der Waals surface area (Å²) in [5, 5.41) is 3.77. The fraction of sp³-hybridized carbons (Fsp3) is 0.545. The highest BCUT2D eigenvalue weighted by molar-refractivity contribution is 7.99. The van der Waals surface area contributed by atoms with Gasteiger partial charge >= 0.3 is 0 Å². The van der Waals surface area contributed by atoms with Gasteiger partial charge in [-0.1, -0.05) is 18.7 Å². The highest BCUT2D eigenvalue weighted by atomic mass is 32.2. The number of carbonyl (C=O) groups is 1. The van der Waals surface area contributed by atoms with Crippen LogP contribution in [0.1, 0.15) is 26.2 Å². The van der Waals surface area contributed by atoms with E-state index in [1.807, 2.05) is 16.8 Å². The Balaban J connectivity index is 1.53. The molecule has 2 aliphatic rings. The first kappa shape index (κ1) is 24.1. The van der Waals surface area contributed by atoms with E-state index >= 15 is 0 Å². The molecule has 0 atom stereocenters. The monoisotopic (exact) mass is 493 g/mol. The van der Waals surface area contributed by atoms with Crippen LogP contribution < -0.4 is 10.2 Å². The van der Waals surface area contributed by atoms with Gasteiger partial charge in [-0.15, -0.1) is 0 Å². The van der Waals surface area contributed by atoms with E-state index in [0.717, 1.165) is 49.7 Å². The molecule has 180 valence electrons. The minimum atomic E-state index is -3.66. The number of amides is 1. The van der Waals surface area contributed by atoms with Crippen LogP contribution in [0.4, 0.5) is 11.4 Å². The first-order valence-corrected chi connectivity index (χ1v) is 13.8. The molecule has 0 spiro atoms. The average Bonchev–Trinajstić information content (AvgIpc) is 3.51. The summed E-state index contributed by atoms with van der Waals surface area (Å²) in [6, 6.07) is 5.05. The molecular formula is C22H31N5O4S2. The zero-order valence-corrected chi connectivity index (χ0v) is 20.5. The minimum absolute atomic E-state index is 0.188. The number of hydrogen-bond donors (Lipinski definition) is 1. The number of thioether (sulfide) groups is 1. The Bertz CT molecular complexity index is 1060. The zero-order chi connectivity index (χ0) is 23.3. The van der Waals surface area contributed by atoms with Gasteiger partial charge in [0.15, 0.2) is 5.16 Å². The van der Waals surface area contributed by atoms with Crippen LogP contribution in [-0.4, -0.2) is 73.3 Å². The standard InChI is InChI=1S/C22H31N5O4S2/c1-2-8-26-11-7-23-22(26)32-17-21(28)24-19-16-18(5-6-20(19)25-9-3-4-10-25)33(29,30)27-12-14-31-15-13-27/h5-7,11,16H,2-4,8-10,12-15,17H2,1H3,(H,24,28). The molecule has 0 unspecified atom stereocenters. The average molecular weight is 494 g/mol. The van der Waals surface area contributed by atoms with E-state index in [4.69, 9.17) is 4.74 Å². The molecule has 4 rings (SSSR count). The van der Waals surface area contributed by atoms with Gasteiger partial charge in [0, 0.05) is 45.1 Å². The largest absolute Gasteiger partial charge is 0.379 e. The van der Waals surface area contributed by atoms with E-state index < -0.39 is 10.0 Å². The summed E-state index contributed by atoms with van der Waals surface area (Å²) in [5.74, 6) is 0.00747. The van der Waals surface area contributed by atoms with Crippen LogP contribution in [0.15, 0.2) is 40.6 Å². The van der Waals surface area contributed by atoms with Crippen LogP contribution in [0.25, 0.3) is 0 Å². The number of carbonyl (C=O) groups excluding carboxylic acids is 1. The summed E-state index contributed by atoms with van der Waals surface area (Å²) in [5.41, 5.74) is 1.40. The Kier molecular flexibility index (Phi) is 7.94. The zero-order valence-electron chi connectivity index (χ0n) is 18.9. The number of ether oxygens (including phenoxy) is 1. The summed E-state index contributed by atoms with van der Waals surface area (Å²) in [6.07, 6.45) is 6.80. The highest BCUT2D eigenvalue weighted by Gasteiger charge is 2.28. The van der Waals surface area contributed by atoms with Crippen molar-refractivity contribution in [3.63, 3.8) is 0 Å². The maximum absolute atomic E-state index is 13.2. The first-order chi connectivity index (χ1) is 16.0. The van der Waals surface area contributed by atoms with Crippen LogP contribution >= 0.6 is 11.8 Å². The lowest BCUT2D eigenvalue weighted by Gasteiger charge is -2.27. The van der Waals surface area contributed by atoms with E-state index in [-0.39, 0.29) is 16.6 Å². The number of rotatable bonds is 9. The molecule has 2 fully saturated rings. The van der Waals surface area contributed by atoms with Crippen molar-refractivity contribution in [1.29, 1.82) is 0 Å². The number of nitrogens with one attached hydrogen (secondary N) is 1. The smallest absolute Gasteiger partial charge is 0.243 e. The lowest BCUT2D eigenvalue weighted by molar-refractivity contribution is -0.113. The van der Waals surface area contributed by atoms with Crippen molar-refractivity contribution >= 4 is 39.1 Å². The van der Waals surface area contributed by atoms with Crippen molar-refractivity contribution in [2.75, 3.05) is 55.4 Å². The Morgan fingerprint density at radius 2 is 1.94 bits per heavy atom. The Hall–Kier alpha value is -2.08. The van der Waals surface area contributed by atoms with E-state index in [1.54, 1.807) is 18.3 Å². The van der Waals surface area contributed by atoms with Crippen molar-refractivity contribution in [3.05, 3.63) is 30.6 Å². The van der Waals surface area contributed by atoms with Crippen LogP contribution in [0.2, 0.25) is 0 Å². The molecule has 0 bridgehead atoms. The second kappa shape index (κ2) is 10.9. The molecule has 1 aromatic carbocycles. The van der Waals surface area contributed by atoms with Gasteiger partial charge in [0.1, 0.15) is 0 Å². The number of hydrogen-bond acceptors (Lipinski definition) is 7. The molecule has 33 heavy (non-hydrogen) atoms. The van der Waals surface area contributed by atoms with Crippen molar-refractivity contribution in [3.8, 4) is 0 Å². The quantitative estimate of drug-likeness (QED) is 0.537. The molecule has 2 aromatic rings. The minimum Gasteiger partial charge on any atom is -0.379 e. The van der Waals surface area contributed by atoms with Gasteiger partial charge in [-0.2, -0.15) is 4.31 Å². The van der Waals surface area contributed by atoms with E-state index in [1.165, 1.54) is 16.1 Å². The molecule has 2 aliphatic heterocycles. The third kappa shape index (κ3) is 5.71. The highest BCUT2D eigenvalue weighted by Crippen LogP contribution is 2.33. The topological polar surface area (TPSA) is 96.8 Å². The summed E-state index contributed by atoms with van der Waals surface area (Å²) >= 11 is 1.38. The molecule has 1 N–H and O–H groups in total. The number of aryl methyl sites for hydroxylation is 1. The van der Waals surface area contributed by atoms with Crippen LogP contribution in [0, 0.1) is 0 Å². The first-order valence-electron chi connectivity index (χ1n) is 11.4. The van der Waals surface area contributed by atoms with Crippen LogP contribution in [0.3, 0.4) is 0 Å². The molecule has 1 amide bonds. The summed E-state index contributed by atoms with van der Waals surface area (Å²) in [7, 11) is -3.66. The Morgan fingerprint density at radius 1 is 1.18 bits per heavy atom. The number of morpholine rings is 1. The third-order valence-electron chi connectivity index (χ3n) is 5.77. The van der Waals surface area contributed by atoms with Crippen molar-refractivity contribution < 1.29 is 17.9 Å². The third-order valence-corrected chi connectivity index (χ3v) is 8.67. The molecule has 0 radical (unpaired) electrons. The SMILES string of the molecule is CCCn1ccnc1SCC(=O)Nc1cc(S(=O)(=O)N2CCOCC2)ccc1N1CCCC1.